The van der Waals surface area contributed by atoms with Gasteiger partial charge in [0.1, 0.15) is 11.4 Å². The topological polar surface area (TPSA) is 55.4 Å². The number of hydrogen-bond acceptors (Lipinski definition) is 4. The minimum Gasteiger partial charge on any atom is -0.487 e. The molecule has 0 aliphatic carbocycles. The predicted molar refractivity (Wildman–Crippen MR) is 75.6 cm³/mol. The highest BCUT2D eigenvalue weighted by Crippen LogP contribution is 2.36. The molecule has 19 heavy (non-hydrogen) atoms. The Morgan fingerprint density at radius 1 is 1.26 bits per heavy atom. The number of hydrogen-bond donors (Lipinski definition) is 1. The fourth-order valence-electron chi connectivity index (χ4n) is 2.74. The molecule has 1 aromatic carbocycles. The fourth-order valence-corrected chi connectivity index (χ4v) is 4.43. The van der Waals surface area contributed by atoms with Crippen LogP contribution in [0.5, 0.6) is 5.75 Å². The smallest absolute Gasteiger partial charge is 0.150 e. The highest BCUT2D eigenvalue weighted by Gasteiger charge is 2.35. The van der Waals surface area contributed by atoms with Gasteiger partial charge in [-0.2, -0.15) is 0 Å². The Balaban J connectivity index is 1.81. The maximum Gasteiger partial charge on any atom is 0.150 e. The van der Waals surface area contributed by atoms with Gasteiger partial charge in [-0.1, -0.05) is 6.07 Å². The molecule has 1 N–H and O–H groups in total. The monoisotopic (exact) mass is 281 g/mol. The molecule has 2 heterocycles. The average molecular weight is 281 g/mol. The normalized spacial score (nSPS) is 23.4. The maximum absolute atomic E-state index is 11.5. The molecule has 2 aliphatic rings. The van der Waals surface area contributed by atoms with E-state index in [1.807, 2.05) is 19.1 Å². The summed E-state index contributed by atoms with van der Waals surface area (Å²) < 4.78 is 29.2. The molecule has 0 saturated carbocycles. The average Bonchev–Trinajstić information content (AvgIpc) is 2.83. The van der Waals surface area contributed by atoms with E-state index in [9.17, 15) is 8.42 Å². The van der Waals surface area contributed by atoms with Gasteiger partial charge in [-0.25, -0.2) is 8.42 Å². The van der Waals surface area contributed by atoms with Gasteiger partial charge in [0.2, 0.25) is 0 Å². The van der Waals surface area contributed by atoms with Crippen molar-refractivity contribution in [2.45, 2.75) is 31.8 Å². The minimum atomic E-state index is -2.85. The lowest BCUT2D eigenvalue weighted by Crippen LogP contribution is -2.41. The van der Waals surface area contributed by atoms with Crippen molar-refractivity contribution in [3.05, 3.63) is 23.8 Å². The van der Waals surface area contributed by atoms with E-state index in [4.69, 9.17) is 4.74 Å². The van der Waals surface area contributed by atoms with Crippen LogP contribution in [0, 0.1) is 0 Å². The van der Waals surface area contributed by atoms with Crippen LogP contribution in [0.25, 0.3) is 0 Å². The van der Waals surface area contributed by atoms with Crippen LogP contribution in [0.15, 0.2) is 18.2 Å². The van der Waals surface area contributed by atoms with Crippen molar-refractivity contribution < 1.29 is 13.2 Å². The van der Waals surface area contributed by atoms with E-state index in [0.717, 1.165) is 24.4 Å². The molecule has 0 unspecified atom stereocenters. The lowest BCUT2D eigenvalue weighted by molar-refractivity contribution is 0.0770. The molecule has 0 spiro atoms. The molecule has 1 aromatic rings. The molecule has 1 saturated heterocycles. The van der Waals surface area contributed by atoms with Crippen LogP contribution in [0.4, 0.5) is 5.69 Å². The van der Waals surface area contributed by atoms with Crippen LogP contribution >= 0.6 is 0 Å². The molecule has 0 bridgehead atoms. The van der Waals surface area contributed by atoms with Crippen LogP contribution in [0.2, 0.25) is 0 Å². The third-order valence-corrected chi connectivity index (χ3v) is 5.72. The zero-order valence-corrected chi connectivity index (χ0v) is 11.9. The number of fused-ring (bicyclic) bond motifs is 1. The molecule has 3 rings (SSSR count). The quantitative estimate of drug-likeness (QED) is 0.901. The van der Waals surface area contributed by atoms with Gasteiger partial charge in [-0.05, 0) is 25.5 Å². The number of benzene rings is 1. The summed E-state index contributed by atoms with van der Waals surface area (Å²) in [5.74, 6) is 1.37. The highest BCUT2D eigenvalue weighted by molar-refractivity contribution is 7.91. The molecular weight excluding hydrogens is 262 g/mol. The van der Waals surface area contributed by atoms with E-state index in [1.54, 1.807) is 0 Å². The Labute approximate surface area is 114 Å². The van der Waals surface area contributed by atoms with Crippen molar-refractivity contribution in [3.63, 3.8) is 0 Å². The zero-order chi connectivity index (χ0) is 13.5. The third kappa shape index (κ3) is 2.56. The Kier molecular flexibility index (Phi) is 2.96. The minimum absolute atomic E-state index is 0.233. The summed E-state index contributed by atoms with van der Waals surface area (Å²) in [5.41, 5.74) is 2.00. The first-order chi connectivity index (χ1) is 8.98. The Morgan fingerprint density at radius 3 is 2.74 bits per heavy atom. The first-order valence-electron chi connectivity index (χ1n) is 6.73. The molecule has 4 nitrogen and oxygen atoms in total. The Hall–Kier alpha value is -1.23. The molecule has 0 atom stereocenters. The third-order valence-electron chi connectivity index (χ3n) is 4.06. The summed E-state index contributed by atoms with van der Waals surface area (Å²) in [6.45, 7) is 2.96. The van der Waals surface area contributed by atoms with E-state index in [2.05, 4.69) is 11.4 Å². The molecule has 0 aromatic heterocycles. The van der Waals surface area contributed by atoms with E-state index in [0.29, 0.717) is 12.8 Å². The largest absolute Gasteiger partial charge is 0.487 e. The number of anilines is 1. The van der Waals surface area contributed by atoms with Crippen LogP contribution in [-0.2, 0) is 16.3 Å². The van der Waals surface area contributed by atoms with Gasteiger partial charge in [-0.3, -0.25) is 0 Å². The van der Waals surface area contributed by atoms with Crippen molar-refractivity contribution in [1.29, 1.82) is 0 Å². The second-order valence-corrected chi connectivity index (χ2v) is 7.97. The zero-order valence-electron chi connectivity index (χ0n) is 11.1. The second kappa shape index (κ2) is 4.40. The van der Waals surface area contributed by atoms with E-state index >= 15 is 0 Å². The standard InChI is InChI=1S/C14H19NO3S/c1-14(6-9-19(16,17)10-7-14)18-13-4-2-3-12-11(13)5-8-15-12/h2-4,15H,5-10H2,1H3. The molecule has 104 valence electrons. The van der Waals surface area contributed by atoms with Gasteiger partial charge in [-0.15, -0.1) is 0 Å². The highest BCUT2D eigenvalue weighted by atomic mass is 32.2. The fraction of sp³-hybridized carbons (Fsp3) is 0.571. The molecule has 2 aliphatic heterocycles. The van der Waals surface area contributed by atoms with Crippen molar-refractivity contribution in [3.8, 4) is 5.75 Å². The second-order valence-electron chi connectivity index (χ2n) is 5.66. The summed E-state index contributed by atoms with van der Waals surface area (Å²) in [7, 11) is -2.85. The van der Waals surface area contributed by atoms with E-state index in [1.165, 1.54) is 5.56 Å². The SMILES string of the molecule is CC1(Oc2cccc3c2CCN3)CCS(=O)(=O)CC1. The lowest BCUT2D eigenvalue weighted by atomic mass is 9.99. The van der Waals surface area contributed by atoms with E-state index < -0.39 is 9.84 Å². The van der Waals surface area contributed by atoms with Gasteiger partial charge in [0.25, 0.3) is 0 Å². The van der Waals surface area contributed by atoms with Crippen LogP contribution in [-0.4, -0.2) is 32.1 Å². The summed E-state index contributed by atoms with van der Waals surface area (Å²) in [4.78, 5) is 0. The first kappa shape index (κ1) is 12.8. The Morgan fingerprint density at radius 2 is 2.00 bits per heavy atom. The van der Waals surface area contributed by atoms with Gasteiger partial charge in [0.15, 0.2) is 9.84 Å². The molecular formula is C14H19NO3S. The number of sulfone groups is 1. The molecule has 1 fully saturated rings. The lowest BCUT2D eigenvalue weighted by Gasteiger charge is -2.34. The van der Waals surface area contributed by atoms with Crippen LogP contribution in [0.1, 0.15) is 25.3 Å². The van der Waals surface area contributed by atoms with Gasteiger partial charge in [0, 0.05) is 30.6 Å². The van der Waals surface area contributed by atoms with Crippen LogP contribution < -0.4 is 10.1 Å². The molecule has 0 radical (unpaired) electrons. The summed E-state index contributed by atoms with van der Waals surface area (Å²) >= 11 is 0. The predicted octanol–water partition coefficient (Wildman–Crippen LogP) is 2.00. The Bertz CT molecular complexity index is 581. The van der Waals surface area contributed by atoms with Crippen molar-refractivity contribution in [2.75, 3.05) is 23.4 Å². The van der Waals surface area contributed by atoms with Gasteiger partial charge < -0.3 is 10.1 Å². The number of rotatable bonds is 2. The number of nitrogens with one attached hydrogen (secondary N) is 1. The summed E-state index contributed by atoms with van der Waals surface area (Å²) in [6.07, 6.45) is 2.12. The summed E-state index contributed by atoms with van der Waals surface area (Å²) in [6, 6.07) is 6.03. The van der Waals surface area contributed by atoms with Gasteiger partial charge in [0.05, 0.1) is 11.5 Å². The van der Waals surface area contributed by atoms with Gasteiger partial charge >= 0.3 is 0 Å². The molecule has 5 heteroatoms. The number of ether oxygens (including phenoxy) is 1. The maximum atomic E-state index is 11.5. The van der Waals surface area contributed by atoms with Crippen molar-refractivity contribution >= 4 is 15.5 Å². The summed E-state index contributed by atoms with van der Waals surface area (Å²) in [5, 5.41) is 3.33. The first-order valence-corrected chi connectivity index (χ1v) is 8.55. The molecule has 0 amide bonds. The van der Waals surface area contributed by atoms with E-state index in [-0.39, 0.29) is 17.1 Å². The van der Waals surface area contributed by atoms with Crippen molar-refractivity contribution in [1.82, 2.24) is 0 Å². The van der Waals surface area contributed by atoms with Crippen molar-refractivity contribution in [2.24, 2.45) is 0 Å². The van der Waals surface area contributed by atoms with Crippen LogP contribution in [0.3, 0.4) is 0 Å².